The van der Waals surface area contributed by atoms with E-state index >= 15 is 0 Å². The second kappa shape index (κ2) is 10.1. The van der Waals surface area contributed by atoms with E-state index in [4.69, 9.17) is 16.7 Å². The van der Waals surface area contributed by atoms with Crippen LogP contribution in [0.15, 0.2) is 67.2 Å². The summed E-state index contributed by atoms with van der Waals surface area (Å²) in [5.74, 6) is 0.775. The van der Waals surface area contributed by atoms with Crippen molar-refractivity contribution in [3.05, 3.63) is 106 Å². The van der Waals surface area contributed by atoms with Crippen LogP contribution in [0.5, 0.6) is 0 Å². The molecule has 4 heterocycles. The van der Waals surface area contributed by atoms with Gasteiger partial charge < -0.3 is 4.74 Å². The Labute approximate surface area is 233 Å². The van der Waals surface area contributed by atoms with Gasteiger partial charge in [-0.3, -0.25) is 5.41 Å². The van der Waals surface area contributed by atoms with Crippen LogP contribution in [0.2, 0.25) is 0 Å². The van der Waals surface area contributed by atoms with E-state index in [0.29, 0.717) is 5.76 Å². The summed E-state index contributed by atoms with van der Waals surface area (Å²) < 4.78 is 10.7. The molecule has 0 saturated carbocycles. The van der Waals surface area contributed by atoms with Gasteiger partial charge in [-0.15, -0.1) is 0 Å². The first kappa shape index (κ1) is 26.8. The molecule has 2 aliphatic heterocycles. The Balaban J connectivity index is 1.84. The Kier molecular flexibility index (Phi) is 6.92. The number of benzene rings is 1. The van der Waals surface area contributed by atoms with Crippen LogP contribution in [0.4, 0.5) is 0 Å². The van der Waals surface area contributed by atoms with E-state index in [9.17, 15) is 0 Å². The molecule has 0 fully saturated rings. The summed E-state index contributed by atoms with van der Waals surface area (Å²) in [6.45, 7) is 23.9. The van der Waals surface area contributed by atoms with Crippen LogP contribution in [0.1, 0.15) is 84.1 Å². The SMILES string of the molecule is C=C(OC(C)=N)/C1=C(\CC)CCC2C(C(=C)[n+]3cc(C)c(C)cc31)c1cc(C)ccc1-c1cc(C)c(C)c[n+]12. The van der Waals surface area contributed by atoms with Gasteiger partial charge in [-0.05, 0) is 76.8 Å². The molecule has 0 saturated heterocycles. The maximum atomic E-state index is 8.03. The fourth-order valence-corrected chi connectivity index (χ4v) is 6.40. The molecule has 2 aromatic heterocycles. The predicted molar refractivity (Wildman–Crippen MR) is 160 cm³/mol. The quantitative estimate of drug-likeness (QED) is 0.163. The zero-order valence-electron chi connectivity index (χ0n) is 24.5. The van der Waals surface area contributed by atoms with Crippen LogP contribution in [-0.2, 0) is 4.74 Å². The Morgan fingerprint density at radius 2 is 1.64 bits per heavy atom. The fraction of sp³-hybridized carbons (Fsp3) is 0.343. The third-order valence-electron chi connectivity index (χ3n) is 8.71. The highest BCUT2D eigenvalue weighted by atomic mass is 16.5. The van der Waals surface area contributed by atoms with E-state index in [2.05, 4.69) is 100.0 Å². The normalized spacial score (nSPS) is 20.0. The number of nitrogens with one attached hydrogen (secondary N) is 1. The Morgan fingerprint density at radius 1 is 0.974 bits per heavy atom. The summed E-state index contributed by atoms with van der Waals surface area (Å²) in [5.41, 5.74) is 14.6. The van der Waals surface area contributed by atoms with Crippen LogP contribution < -0.4 is 9.13 Å². The van der Waals surface area contributed by atoms with Crippen molar-refractivity contribution in [1.82, 2.24) is 0 Å². The average Bonchev–Trinajstić information content (AvgIpc) is 2.92. The smallest absolute Gasteiger partial charge is 0.222 e. The predicted octanol–water partition coefficient (Wildman–Crippen LogP) is 7.76. The van der Waals surface area contributed by atoms with Gasteiger partial charge in [0.05, 0.1) is 11.1 Å². The van der Waals surface area contributed by atoms with Gasteiger partial charge in [-0.1, -0.05) is 36.8 Å². The monoisotopic (exact) mass is 519 g/mol. The molecule has 2 atom stereocenters. The molecule has 5 rings (SSSR count). The maximum absolute atomic E-state index is 8.03. The number of hydrogen-bond donors (Lipinski definition) is 1. The minimum atomic E-state index is 0.0986. The van der Waals surface area contributed by atoms with Crippen LogP contribution >= 0.6 is 0 Å². The number of ether oxygens (including phenoxy) is 1. The molecule has 2 unspecified atom stereocenters. The van der Waals surface area contributed by atoms with Crippen molar-refractivity contribution >= 4 is 17.2 Å². The summed E-state index contributed by atoms with van der Waals surface area (Å²) >= 11 is 0. The van der Waals surface area contributed by atoms with Crippen molar-refractivity contribution in [3.63, 3.8) is 0 Å². The van der Waals surface area contributed by atoms with Gasteiger partial charge in [0.1, 0.15) is 11.7 Å². The summed E-state index contributed by atoms with van der Waals surface area (Å²) in [7, 11) is 0. The van der Waals surface area contributed by atoms with Crippen LogP contribution in [-0.4, -0.2) is 5.90 Å². The van der Waals surface area contributed by atoms with Crippen LogP contribution in [0, 0.1) is 40.0 Å². The number of pyridine rings is 2. The average molecular weight is 520 g/mol. The van der Waals surface area contributed by atoms with Gasteiger partial charge >= 0.3 is 0 Å². The van der Waals surface area contributed by atoms with Crippen molar-refractivity contribution in [3.8, 4) is 11.3 Å². The molecule has 200 valence electrons. The maximum Gasteiger partial charge on any atom is 0.222 e. The minimum absolute atomic E-state index is 0.0986. The first-order valence-corrected chi connectivity index (χ1v) is 14.0. The molecule has 0 amide bonds. The lowest BCUT2D eigenvalue weighted by atomic mass is 9.78. The molecule has 4 nitrogen and oxygen atoms in total. The molecule has 2 aliphatic rings. The summed E-state index contributed by atoms with van der Waals surface area (Å²) in [6, 6.07) is 11.7. The van der Waals surface area contributed by atoms with Gasteiger partial charge in [0.2, 0.25) is 11.4 Å². The van der Waals surface area contributed by atoms with Gasteiger partial charge in [-0.25, -0.2) is 0 Å². The van der Waals surface area contributed by atoms with Crippen molar-refractivity contribution in [1.29, 1.82) is 5.41 Å². The Bertz CT molecular complexity index is 1590. The lowest BCUT2D eigenvalue weighted by Gasteiger charge is -2.30. The number of fused-ring (bicyclic) bond motifs is 7. The topological polar surface area (TPSA) is 40.8 Å². The van der Waals surface area contributed by atoms with Gasteiger partial charge in [0.25, 0.3) is 0 Å². The van der Waals surface area contributed by atoms with E-state index in [-0.39, 0.29) is 17.9 Å². The number of hydrogen-bond acceptors (Lipinski definition) is 2. The molecule has 0 radical (unpaired) electrons. The second-order valence-corrected chi connectivity index (χ2v) is 11.4. The lowest BCUT2D eigenvalue weighted by Crippen LogP contribution is -2.51. The van der Waals surface area contributed by atoms with Crippen molar-refractivity contribution in [2.75, 3.05) is 0 Å². The third-order valence-corrected chi connectivity index (χ3v) is 8.71. The van der Waals surface area contributed by atoms with E-state index in [1.54, 1.807) is 6.92 Å². The summed E-state index contributed by atoms with van der Waals surface area (Å²) in [6.07, 6.45) is 7.33. The number of aromatic nitrogens is 2. The molecule has 1 aromatic carbocycles. The molecule has 3 aromatic rings. The molecular weight excluding hydrogens is 478 g/mol. The first-order chi connectivity index (χ1) is 18.5. The zero-order chi connectivity index (χ0) is 28.2. The van der Waals surface area contributed by atoms with Gasteiger partial charge in [-0.2, -0.15) is 9.13 Å². The number of rotatable bonds is 3. The van der Waals surface area contributed by atoms with Crippen molar-refractivity contribution in [2.45, 2.75) is 79.7 Å². The highest BCUT2D eigenvalue weighted by Crippen LogP contribution is 2.46. The summed E-state index contributed by atoms with van der Waals surface area (Å²) in [4.78, 5) is 0. The Hall–Kier alpha value is -3.79. The largest absolute Gasteiger partial charge is 0.444 e. The summed E-state index contributed by atoms with van der Waals surface area (Å²) in [5, 5.41) is 8.03. The van der Waals surface area contributed by atoms with E-state index in [1.165, 1.54) is 50.2 Å². The van der Waals surface area contributed by atoms with Crippen LogP contribution in [0.25, 0.3) is 22.5 Å². The molecule has 0 aliphatic carbocycles. The second-order valence-electron chi connectivity index (χ2n) is 11.4. The third kappa shape index (κ3) is 4.56. The lowest BCUT2D eigenvalue weighted by molar-refractivity contribution is -0.720. The van der Waals surface area contributed by atoms with E-state index in [1.807, 2.05) is 0 Å². The zero-order valence-corrected chi connectivity index (χ0v) is 24.5. The van der Waals surface area contributed by atoms with E-state index in [0.717, 1.165) is 36.2 Å². The van der Waals surface area contributed by atoms with E-state index < -0.39 is 0 Å². The number of aryl methyl sites for hydroxylation is 5. The fourth-order valence-electron chi connectivity index (χ4n) is 6.40. The minimum Gasteiger partial charge on any atom is -0.444 e. The molecule has 4 heteroatoms. The molecule has 0 spiro atoms. The molecule has 1 N–H and O–H groups in total. The van der Waals surface area contributed by atoms with Crippen molar-refractivity contribution in [2.24, 2.45) is 0 Å². The number of nitrogens with zero attached hydrogens (tertiary/aromatic N) is 2. The highest BCUT2D eigenvalue weighted by Gasteiger charge is 2.47. The molecule has 39 heavy (non-hydrogen) atoms. The highest BCUT2D eigenvalue weighted by molar-refractivity contribution is 5.82. The van der Waals surface area contributed by atoms with Crippen LogP contribution in [0.3, 0.4) is 0 Å². The first-order valence-electron chi connectivity index (χ1n) is 14.0. The van der Waals surface area contributed by atoms with Gasteiger partial charge in [0, 0.05) is 36.6 Å². The molecular formula is C35H41N3O+2. The van der Waals surface area contributed by atoms with Gasteiger partial charge in [0.15, 0.2) is 30.0 Å². The van der Waals surface area contributed by atoms with Crippen molar-refractivity contribution < 1.29 is 13.9 Å². The standard InChI is InChI=1S/C35H41N3O/c1-10-28-12-14-31-34(30-15-20(2)11-13-29(30)32-16-21(3)24(6)19-38(31)32)25(7)37-18-23(5)22(4)17-33(37)35(28)26(8)39-27(9)36/h11,13,15-19,31,34,36H,7-8,10,12,14H2,1-6,9H3/q+2/b35-28-,36-27?. The Morgan fingerprint density at radius 3 is 2.31 bits per heavy atom. The molecule has 0 bridgehead atoms. The number of allylic oxidation sites excluding steroid dienone is 3.